The molecule has 0 radical (unpaired) electrons. The van der Waals surface area contributed by atoms with Crippen LogP contribution >= 0.6 is 11.8 Å². The van der Waals surface area contributed by atoms with Crippen molar-refractivity contribution >= 4 is 23.5 Å². The molecule has 192 valence electrons. The Balaban J connectivity index is 1.40. The first-order valence-corrected chi connectivity index (χ1v) is 14.1. The second-order valence-corrected chi connectivity index (χ2v) is 11.2. The third kappa shape index (κ3) is 4.52. The minimum atomic E-state index is -0.359. The molecule has 3 aliphatic rings. The van der Waals surface area contributed by atoms with Crippen molar-refractivity contribution in [3.8, 4) is 11.5 Å². The van der Waals surface area contributed by atoms with Gasteiger partial charge in [-0.05, 0) is 53.5 Å². The Morgan fingerprint density at radius 3 is 2.57 bits per heavy atom. The molecular formula is C29H32N4O3S. The van der Waals surface area contributed by atoms with E-state index in [0.29, 0.717) is 37.3 Å². The molecule has 2 aliphatic heterocycles. The highest BCUT2D eigenvalue weighted by molar-refractivity contribution is 7.99. The van der Waals surface area contributed by atoms with E-state index in [1.54, 1.807) is 11.8 Å². The van der Waals surface area contributed by atoms with Crippen LogP contribution in [0.4, 0.5) is 5.95 Å². The van der Waals surface area contributed by atoms with Crippen molar-refractivity contribution < 1.29 is 14.3 Å². The average molecular weight is 517 g/mol. The van der Waals surface area contributed by atoms with Crippen LogP contribution < -0.4 is 14.8 Å². The van der Waals surface area contributed by atoms with Crippen LogP contribution in [-0.4, -0.2) is 39.5 Å². The van der Waals surface area contributed by atoms with E-state index in [2.05, 4.69) is 50.4 Å². The molecule has 0 saturated carbocycles. The Labute approximate surface area is 221 Å². The largest absolute Gasteiger partial charge is 0.486 e. The van der Waals surface area contributed by atoms with Crippen molar-refractivity contribution in [2.24, 2.45) is 0 Å². The minimum Gasteiger partial charge on any atom is -0.486 e. The Morgan fingerprint density at radius 1 is 1.05 bits per heavy atom. The van der Waals surface area contributed by atoms with E-state index in [-0.39, 0.29) is 17.7 Å². The number of thioether (sulfide) groups is 1. The zero-order valence-corrected chi connectivity index (χ0v) is 22.3. The second-order valence-electron chi connectivity index (χ2n) is 10.2. The monoisotopic (exact) mass is 516 g/mol. The first-order valence-electron chi connectivity index (χ1n) is 13.1. The van der Waals surface area contributed by atoms with Gasteiger partial charge in [0.05, 0.1) is 0 Å². The molecule has 0 saturated heterocycles. The summed E-state index contributed by atoms with van der Waals surface area (Å²) in [5.41, 5.74) is 5.18. The van der Waals surface area contributed by atoms with E-state index >= 15 is 0 Å². The number of nitrogens with zero attached hydrogens (tertiary/aromatic N) is 3. The number of fused-ring (bicyclic) bond motifs is 2. The van der Waals surface area contributed by atoms with Gasteiger partial charge in [-0.1, -0.05) is 62.9 Å². The molecule has 2 unspecified atom stereocenters. The highest BCUT2D eigenvalue weighted by atomic mass is 32.2. The molecule has 3 heterocycles. The van der Waals surface area contributed by atoms with Gasteiger partial charge in [0.1, 0.15) is 19.3 Å². The van der Waals surface area contributed by atoms with Crippen LogP contribution in [0.25, 0.3) is 0 Å². The summed E-state index contributed by atoms with van der Waals surface area (Å²) in [4.78, 5) is 18.6. The number of anilines is 1. The predicted molar refractivity (Wildman–Crippen MR) is 145 cm³/mol. The number of ether oxygens (including phenoxy) is 2. The first-order chi connectivity index (χ1) is 18.0. The van der Waals surface area contributed by atoms with Crippen LogP contribution in [0.3, 0.4) is 0 Å². The van der Waals surface area contributed by atoms with Gasteiger partial charge < -0.3 is 14.8 Å². The van der Waals surface area contributed by atoms with Gasteiger partial charge >= 0.3 is 0 Å². The molecule has 0 amide bonds. The summed E-state index contributed by atoms with van der Waals surface area (Å²) < 4.78 is 13.5. The molecule has 8 heteroatoms. The normalized spacial score (nSPS) is 20.5. The van der Waals surface area contributed by atoms with Crippen molar-refractivity contribution in [1.82, 2.24) is 14.8 Å². The van der Waals surface area contributed by atoms with E-state index in [1.165, 1.54) is 11.1 Å². The van der Waals surface area contributed by atoms with E-state index in [9.17, 15) is 4.79 Å². The highest BCUT2D eigenvalue weighted by Crippen LogP contribution is 2.46. The molecule has 0 bridgehead atoms. The molecule has 2 atom stereocenters. The fourth-order valence-corrected chi connectivity index (χ4v) is 6.06. The summed E-state index contributed by atoms with van der Waals surface area (Å²) in [6.45, 7) is 7.59. The lowest BCUT2D eigenvalue weighted by Gasteiger charge is -2.35. The summed E-state index contributed by atoms with van der Waals surface area (Å²) in [6.07, 6.45) is 2.27. The maximum atomic E-state index is 13.8. The lowest BCUT2D eigenvalue weighted by Crippen LogP contribution is -2.33. The maximum Gasteiger partial charge on any atom is 0.227 e. The van der Waals surface area contributed by atoms with Gasteiger partial charge in [0.25, 0.3) is 0 Å². The van der Waals surface area contributed by atoms with Crippen LogP contribution in [0, 0.1) is 0 Å². The summed E-state index contributed by atoms with van der Waals surface area (Å²) in [5.74, 6) is 3.82. The molecule has 2 aromatic carbocycles. The molecule has 7 nitrogen and oxygen atoms in total. The summed E-state index contributed by atoms with van der Waals surface area (Å²) in [7, 11) is 0. The van der Waals surface area contributed by atoms with Crippen LogP contribution in [0.5, 0.6) is 11.5 Å². The lowest BCUT2D eigenvalue weighted by atomic mass is 9.77. The number of ketones is 1. The van der Waals surface area contributed by atoms with Crippen molar-refractivity contribution in [3.63, 3.8) is 0 Å². The SMILES string of the molecule is CCCSc1nc2n(n1)C(c1ccc3c(c1)OCCO3)C1=C(CC(c3ccc(C(C)C)cc3)CC1=O)N2. The van der Waals surface area contributed by atoms with Crippen molar-refractivity contribution in [1.29, 1.82) is 0 Å². The number of hydrogen-bond donors (Lipinski definition) is 1. The zero-order valence-electron chi connectivity index (χ0n) is 21.5. The van der Waals surface area contributed by atoms with Crippen LogP contribution in [0.15, 0.2) is 58.9 Å². The number of carbonyl (C=O) groups excluding carboxylic acids is 1. The Hall–Kier alpha value is -3.26. The third-order valence-corrected chi connectivity index (χ3v) is 8.34. The van der Waals surface area contributed by atoms with Gasteiger partial charge in [0.15, 0.2) is 17.3 Å². The van der Waals surface area contributed by atoms with Gasteiger partial charge in [0.2, 0.25) is 11.1 Å². The highest BCUT2D eigenvalue weighted by Gasteiger charge is 2.40. The van der Waals surface area contributed by atoms with Crippen LogP contribution in [0.2, 0.25) is 0 Å². The van der Waals surface area contributed by atoms with E-state index in [1.807, 2.05) is 22.9 Å². The number of nitrogens with one attached hydrogen (secondary N) is 1. The number of aromatic nitrogens is 3. The topological polar surface area (TPSA) is 78.3 Å². The molecule has 1 N–H and O–H groups in total. The minimum absolute atomic E-state index is 0.129. The van der Waals surface area contributed by atoms with E-state index in [0.717, 1.165) is 46.3 Å². The summed E-state index contributed by atoms with van der Waals surface area (Å²) in [6, 6.07) is 14.3. The predicted octanol–water partition coefficient (Wildman–Crippen LogP) is 6.09. The maximum absolute atomic E-state index is 13.8. The molecular weight excluding hydrogens is 484 g/mol. The standard InChI is InChI=1S/C29H32N4O3S/c1-4-13-37-29-31-28-30-22-14-21(19-7-5-18(6-8-19)17(2)3)15-23(34)26(22)27(33(28)32-29)20-9-10-24-25(16-20)36-12-11-35-24/h5-10,16-17,21,27H,4,11-15H2,1-3H3,(H,30,31,32). The average Bonchev–Trinajstić information content (AvgIpc) is 3.32. The van der Waals surface area contributed by atoms with Gasteiger partial charge in [-0.15, -0.1) is 5.10 Å². The number of benzene rings is 2. The lowest BCUT2D eigenvalue weighted by molar-refractivity contribution is -0.116. The molecule has 0 fully saturated rings. The zero-order chi connectivity index (χ0) is 25.5. The molecule has 37 heavy (non-hydrogen) atoms. The van der Waals surface area contributed by atoms with Crippen LogP contribution in [-0.2, 0) is 4.79 Å². The molecule has 3 aromatic rings. The molecule has 1 aliphatic carbocycles. The fraction of sp³-hybridized carbons (Fsp3) is 0.414. The number of allylic oxidation sites excluding steroid dienone is 2. The Bertz CT molecular complexity index is 1360. The molecule has 6 rings (SSSR count). The van der Waals surface area contributed by atoms with E-state index in [4.69, 9.17) is 19.6 Å². The third-order valence-electron chi connectivity index (χ3n) is 7.29. The van der Waals surface area contributed by atoms with E-state index < -0.39 is 0 Å². The van der Waals surface area contributed by atoms with Gasteiger partial charge in [-0.2, -0.15) is 4.98 Å². The van der Waals surface area contributed by atoms with Crippen molar-refractivity contribution in [2.75, 3.05) is 24.3 Å². The number of rotatable bonds is 6. The van der Waals surface area contributed by atoms with Crippen molar-refractivity contribution in [2.45, 2.75) is 63.1 Å². The number of Topliss-reactive ketones (excluding diaryl/α,β-unsaturated/α-hetero) is 1. The second kappa shape index (κ2) is 9.89. The fourth-order valence-electron chi connectivity index (χ4n) is 5.37. The Morgan fingerprint density at radius 2 is 1.81 bits per heavy atom. The first kappa shape index (κ1) is 24.1. The van der Waals surface area contributed by atoms with Crippen molar-refractivity contribution in [3.05, 3.63) is 70.4 Å². The van der Waals surface area contributed by atoms with Gasteiger partial charge in [-0.25, -0.2) is 4.68 Å². The molecule has 1 aromatic heterocycles. The number of hydrogen-bond acceptors (Lipinski definition) is 7. The van der Waals surface area contributed by atoms with Gasteiger partial charge in [0, 0.05) is 23.4 Å². The Kier molecular flexibility index (Phi) is 6.44. The number of carbonyl (C=O) groups is 1. The summed E-state index contributed by atoms with van der Waals surface area (Å²) in [5, 5.41) is 9.05. The van der Waals surface area contributed by atoms with Crippen LogP contribution in [0.1, 0.15) is 74.6 Å². The molecule has 0 spiro atoms. The smallest absolute Gasteiger partial charge is 0.227 e. The quantitative estimate of drug-likeness (QED) is 0.397. The summed E-state index contributed by atoms with van der Waals surface area (Å²) >= 11 is 1.64. The van der Waals surface area contributed by atoms with Gasteiger partial charge in [-0.3, -0.25) is 4.79 Å².